The van der Waals surface area contributed by atoms with Crippen molar-refractivity contribution < 1.29 is 57.3 Å². The van der Waals surface area contributed by atoms with E-state index >= 15 is 0 Å². The summed E-state index contributed by atoms with van der Waals surface area (Å²) in [4.78, 5) is 103. The molecule has 1 aromatic heterocycles. The number of amides is 8. The number of benzene rings is 2. The summed E-state index contributed by atoms with van der Waals surface area (Å²) in [6.45, 7) is 1.48. The van der Waals surface area contributed by atoms with Crippen LogP contribution < -0.4 is 26.0 Å². The standard InChI is InChI=1S/C39H42Cl2N8O12/c40-24-4-2-5-25(41)33(24)36(54)45-26-19-43-47-34(26)37(55)44-22-9-12-48(13-10-22)31(52)21-60-18-17-59-16-15-58-14-11-42-30(51)20-61-28-6-1-3-23-32(28)39(57)49(38(23)56)27-7-8-29(50)46-35(27)53/h1-6,19,22,27H,7-18,20-21H2,(H,42,51)(H,43,47)(H,44,55)(H,45,54)(H,46,50,53). The quantitative estimate of drug-likeness (QED) is 0.0843. The van der Waals surface area contributed by atoms with E-state index in [9.17, 15) is 38.4 Å². The van der Waals surface area contributed by atoms with E-state index in [2.05, 4.69) is 31.5 Å². The molecule has 0 radical (unpaired) electrons. The van der Waals surface area contributed by atoms with Crippen molar-refractivity contribution in [3.8, 4) is 5.75 Å². The van der Waals surface area contributed by atoms with Gasteiger partial charge in [0.05, 0.1) is 71.7 Å². The van der Waals surface area contributed by atoms with Crippen LogP contribution in [0.2, 0.25) is 10.0 Å². The van der Waals surface area contributed by atoms with Gasteiger partial charge in [-0.05, 0) is 43.5 Å². The average Bonchev–Trinajstić information content (AvgIpc) is 3.80. The highest BCUT2D eigenvalue weighted by Crippen LogP contribution is 2.33. The molecule has 5 N–H and O–H groups in total. The maximum atomic E-state index is 13.2. The van der Waals surface area contributed by atoms with E-state index in [0.29, 0.717) is 25.9 Å². The summed E-state index contributed by atoms with van der Waals surface area (Å²) in [5, 5.41) is 17.1. The summed E-state index contributed by atoms with van der Waals surface area (Å²) in [5.74, 6) is -4.37. The molecule has 3 aromatic rings. The number of piperidine rings is 2. The van der Waals surface area contributed by atoms with Crippen molar-refractivity contribution in [2.24, 2.45) is 0 Å². The fraction of sp³-hybridized carbons (Fsp3) is 0.410. The van der Waals surface area contributed by atoms with E-state index < -0.39 is 54.0 Å². The van der Waals surface area contributed by atoms with Crippen molar-refractivity contribution in [2.45, 2.75) is 37.8 Å². The lowest BCUT2D eigenvalue weighted by atomic mass is 10.0. The minimum absolute atomic E-state index is 0.00848. The monoisotopic (exact) mass is 884 g/mol. The van der Waals surface area contributed by atoms with Gasteiger partial charge in [-0.3, -0.25) is 53.7 Å². The number of hydrogen-bond acceptors (Lipinski definition) is 13. The maximum Gasteiger partial charge on any atom is 0.271 e. The Morgan fingerprint density at radius 1 is 0.820 bits per heavy atom. The zero-order chi connectivity index (χ0) is 43.5. The van der Waals surface area contributed by atoms with Gasteiger partial charge in [0, 0.05) is 32.1 Å². The minimum Gasteiger partial charge on any atom is -0.483 e. The lowest BCUT2D eigenvalue weighted by molar-refractivity contribution is -0.138. The summed E-state index contributed by atoms with van der Waals surface area (Å²) in [6.07, 6.45) is 2.34. The number of imide groups is 2. The number of H-pyrrole nitrogens is 1. The third-order valence-corrected chi connectivity index (χ3v) is 10.4. The van der Waals surface area contributed by atoms with Crippen LogP contribution >= 0.6 is 23.2 Å². The smallest absolute Gasteiger partial charge is 0.271 e. The van der Waals surface area contributed by atoms with Crippen LogP contribution in [-0.4, -0.2) is 145 Å². The van der Waals surface area contributed by atoms with E-state index in [1.807, 2.05) is 0 Å². The Balaban J connectivity index is 0.780. The highest BCUT2D eigenvalue weighted by molar-refractivity contribution is 6.40. The number of fused-ring (bicyclic) bond motifs is 1. The number of carbonyl (C=O) groups is 8. The van der Waals surface area contributed by atoms with Crippen molar-refractivity contribution in [3.63, 3.8) is 0 Å². The van der Waals surface area contributed by atoms with Gasteiger partial charge in [0.25, 0.3) is 29.5 Å². The number of nitrogens with zero attached hydrogens (tertiary/aromatic N) is 3. The van der Waals surface area contributed by atoms with E-state index in [1.165, 1.54) is 36.5 Å². The van der Waals surface area contributed by atoms with Crippen LogP contribution in [0.1, 0.15) is 67.2 Å². The third kappa shape index (κ3) is 11.3. The Morgan fingerprint density at radius 3 is 2.23 bits per heavy atom. The van der Waals surface area contributed by atoms with Gasteiger partial charge in [-0.15, -0.1) is 0 Å². The number of anilines is 1. The van der Waals surface area contributed by atoms with Crippen molar-refractivity contribution in [1.29, 1.82) is 0 Å². The van der Waals surface area contributed by atoms with Gasteiger partial charge in [-0.2, -0.15) is 5.10 Å². The molecule has 2 fully saturated rings. The number of rotatable bonds is 19. The van der Waals surface area contributed by atoms with Gasteiger partial charge in [0.15, 0.2) is 6.61 Å². The molecule has 0 spiro atoms. The number of halogens is 2. The second-order valence-electron chi connectivity index (χ2n) is 13.9. The molecule has 0 aliphatic carbocycles. The summed E-state index contributed by atoms with van der Waals surface area (Å²) in [5.41, 5.74) is 0.270. The van der Waals surface area contributed by atoms with Gasteiger partial charge in [0.2, 0.25) is 17.7 Å². The van der Waals surface area contributed by atoms with Crippen LogP contribution in [0.4, 0.5) is 5.69 Å². The van der Waals surface area contributed by atoms with Crippen LogP contribution in [0.5, 0.6) is 5.75 Å². The van der Waals surface area contributed by atoms with E-state index in [1.54, 1.807) is 11.0 Å². The Morgan fingerprint density at radius 2 is 1.51 bits per heavy atom. The summed E-state index contributed by atoms with van der Waals surface area (Å²) in [7, 11) is 0. The molecule has 1 atom stereocenters. The molecule has 3 aliphatic rings. The van der Waals surface area contributed by atoms with Gasteiger partial charge >= 0.3 is 0 Å². The largest absolute Gasteiger partial charge is 0.483 e. The zero-order valence-electron chi connectivity index (χ0n) is 32.6. The number of nitrogens with one attached hydrogen (secondary N) is 5. The third-order valence-electron chi connectivity index (χ3n) is 9.81. The molecule has 8 amide bonds. The molecule has 4 heterocycles. The number of aromatic nitrogens is 2. The number of likely N-dealkylation sites (tertiary alicyclic amines) is 1. The zero-order valence-corrected chi connectivity index (χ0v) is 34.1. The molecule has 0 saturated carbocycles. The number of carbonyl (C=O) groups excluding carboxylic acids is 8. The Kier molecular flexibility index (Phi) is 15.4. The second-order valence-corrected chi connectivity index (χ2v) is 14.7. The fourth-order valence-electron chi connectivity index (χ4n) is 6.74. The van der Waals surface area contributed by atoms with Crippen LogP contribution in [0.25, 0.3) is 0 Å². The Hall–Kier alpha value is -5.93. The topological polar surface area (TPSA) is 257 Å². The molecule has 0 bridgehead atoms. The predicted octanol–water partition coefficient (Wildman–Crippen LogP) is 1.34. The second kappa shape index (κ2) is 21.0. The molecule has 6 rings (SSSR count). The van der Waals surface area contributed by atoms with Crippen LogP contribution in [0.15, 0.2) is 42.6 Å². The molecule has 61 heavy (non-hydrogen) atoms. The highest BCUT2D eigenvalue weighted by atomic mass is 35.5. The Labute approximate surface area is 358 Å². The summed E-state index contributed by atoms with van der Waals surface area (Å²) >= 11 is 12.3. The molecule has 20 nitrogen and oxygen atoms in total. The molecule has 324 valence electrons. The fourth-order valence-corrected chi connectivity index (χ4v) is 7.31. The van der Waals surface area contributed by atoms with E-state index in [-0.39, 0.29) is 115 Å². The molecule has 1 unspecified atom stereocenters. The lowest BCUT2D eigenvalue weighted by Crippen LogP contribution is -2.54. The van der Waals surface area contributed by atoms with Gasteiger partial charge in [-0.25, -0.2) is 0 Å². The first-order chi connectivity index (χ1) is 29.4. The Bertz CT molecular complexity index is 2160. The molecule has 3 aliphatic heterocycles. The molecule has 22 heteroatoms. The maximum absolute atomic E-state index is 13.2. The molecular weight excluding hydrogens is 843 g/mol. The molecular formula is C39H42Cl2N8O12. The van der Waals surface area contributed by atoms with Crippen molar-refractivity contribution >= 4 is 76.1 Å². The number of ether oxygens (including phenoxy) is 4. The number of aromatic amines is 1. The predicted molar refractivity (Wildman–Crippen MR) is 214 cm³/mol. The van der Waals surface area contributed by atoms with Gasteiger partial charge < -0.3 is 39.8 Å². The lowest BCUT2D eigenvalue weighted by Gasteiger charge is -2.32. The molecule has 2 aromatic carbocycles. The van der Waals surface area contributed by atoms with E-state index in [4.69, 9.17) is 42.1 Å². The van der Waals surface area contributed by atoms with E-state index in [0.717, 1.165) is 4.90 Å². The van der Waals surface area contributed by atoms with Crippen molar-refractivity contribution in [1.82, 2.24) is 35.9 Å². The SMILES string of the molecule is O=C(COc1cccc2c1C(=O)N(C1CCC(=O)NC1=O)C2=O)NCCOCCOCCOCC(=O)N1CCC(NC(=O)c2[nH]ncc2NC(=O)c2c(Cl)cccc2Cl)CC1. The van der Waals surface area contributed by atoms with Gasteiger partial charge in [-0.1, -0.05) is 35.3 Å². The average molecular weight is 886 g/mol. The first kappa shape index (κ1) is 44.6. The van der Waals surface area contributed by atoms with Gasteiger partial charge in [0.1, 0.15) is 24.1 Å². The van der Waals surface area contributed by atoms with Crippen molar-refractivity contribution in [3.05, 3.63) is 75.0 Å². The van der Waals surface area contributed by atoms with Crippen LogP contribution in [0, 0.1) is 0 Å². The highest BCUT2D eigenvalue weighted by Gasteiger charge is 2.46. The minimum atomic E-state index is -1.12. The first-order valence-corrected chi connectivity index (χ1v) is 20.0. The van der Waals surface area contributed by atoms with Crippen molar-refractivity contribution in [2.75, 3.05) is 71.2 Å². The first-order valence-electron chi connectivity index (χ1n) is 19.3. The molecule has 2 saturated heterocycles. The van der Waals surface area contributed by atoms with Crippen LogP contribution in [-0.2, 0) is 33.4 Å². The van der Waals surface area contributed by atoms with Crippen LogP contribution in [0.3, 0.4) is 0 Å². The normalized spacial score (nSPS) is 16.6. The number of hydrogen-bond donors (Lipinski definition) is 5. The summed E-state index contributed by atoms with van der Waals surface area (Å²) < 4.78 is 22.0. The summed E-state index contributed by atoms with van der Waals surface area (Å²) in [6, 6.07) is 7.70.